The maximum Gasteiger partial charge on any atom is 0.316 e. The van der Waals surface area contributed by atoms with E-state index in [1.54, 1.807) is 4.90 Å². The van der Waals surface area contributed by atoms with Crippen LogP contribution in [0.5, 0.6) is 0 Å². The number of thioether (sulfide) groups is 1. The number of piperidine rings is 1. The van der Waals surface area contributed by atoms with E-state index in [1.807, 2.05) is 27.7 Å². The number of hydrogen-bond acceptors (Lipinski definition) is 5. The van der Waals surface area contributed by atoms with Gasteiger partial charge in [-0.15, -0.1) is 0 Å². The molecule has 7 heteroatoms. The molecule has 0 bridgehead atoms. The lowest BCUT2D eigenvalue weighted by Crippen LogP contribution is -2.44. The summed E-state index contributed by atoms with van der Waals surface area (Å²) in [5.41, 5.74) is 0. The van der Waals surface area contributed by atoms with Crippen LogP contribution in [0.3, 0.4) is 0 Å². The number of amides is 1. The predicted octanol–water partition coefficient (Wildman–Crippen LogP) is 2.93. The molecular weight excluding hydrogens is 344 g/mol. The molecule has 1 rings (SSSR count). The van der Waals surface area contributed by atoms with Gasteiger partial charge in [-0.1, -0.05) is 30.9 Å². The molecule has 1 aliphatic rings. The first-order chi connectivity index (χ1) is 11.2. The zero-order valence-corrected chi connectivity index (χ0v) is 17.0. The van der Waals surface area contributed by atoms with Crippen LogP contribution in [0.4, 0.5) is 0 Å². The Morgan fingerprint density at radius 3 is 2.25 bits per heavy atom. The van der Waals surface area contributed by atoms with Crippen molar-refractivity contribution < 1.29 is 14.3 Å². The summed E-state index contributed by atoms with van der Waals surface area (Å²) in [5.74, 6) is 0.344. The molecule has 5 nitrogen and oxygen atoms in total. The summed E-state index contributed by atoms with van der Waals surface area (Å²) in [4.78, 5) is 27.9. The number of rotatable bonds is 6. The lowest BCUT2D eigenvalue weighted by Gasteiger charge is -2.31. The van der Waals surface area contributed by atoms with Crippen LogP contribution in [-0.2, 0) is 14.3 Å². The molecule has 138 valence electrons. The quantitative estimate of drug-likeness (QED) is 0.526. The minimum atomic E-state index is -0.395. The molecule has 0 N–H and O–H groups in total. The highest BCUT2D eigenvalue weighted by molar-refractivity contribution is 8.23. The Labute approximate surface area is 155 Å². The molecule has 24 heavy (non-hydrogen) atoms. The molecule has 0 radical (unpaired) electrons. The normalized spacial score (nSPS) is 15.7. The molecule has 0 atom stereocenters. The maximum atomic E-state index is 12.2. The fourth-order valence-corrected chi connectivity index (χ4v) is 3.88. The van der Waals surface area contributed by atoms with Gasteiger partial charge in [0.15, 0.2) is 6.61 Å². The van der Waals surface area contributed by atoms with Gasteiger partial charge in [0.25, 0.3) is 5.91 Å². The van der Waals surface area contributed by atoms with E-state index in [1.165, 1.54) is 11.8 Å². The van der Waals surface area contributed by atoms with Gasteiger partial charge < -0.3 is 14.5 Å². The number of esters is 1. The molecule has 1 aliphatic heterocycles. The number of likely N-dealkylation sites (tertiary alicyclic amines) is 1. The molecule has 1 saturated heterocycles. The Kier molecular flexibility index (Phi) is 9.05. The molecule has 1 fully saturated rings. The smallest absolute Gasteiger partial charge is 0.316 e. The highest BCUT2D eigenvalue weighted by Crippen LogP contribution is 2.20. The van der Waals surface area contributed by atoms with E-state index < -0.39 is 5.97 Å². The third-order valence-electron chi connectivity index (χ3n) is 4.11. The Bertz CT molecular complexity index is 439. The number of thiocarbonyl (C=S) groups is 1. The highest BCUT2D eigenvalue weighted by Gasteiger charge is 2.22. The summed E-state index contributed by atoms with van der Waals surface area (Å²) >= 11 is 6.71. The van der Waals surface area contributed by atoms with E-state index in [0.717, 1.165) is 36.2 Å². The average molecular weight is 375 g/mol. The van der Waals surface area contributed by atoms with Crippen LogP contribution in [0.2, 0.25) is 0 Å². The van der Waals surface area contributed by atoms with Crippen LogP contribution in [0.25, 0.3) is 0 Å². The van der Waals surface area contributed by atoms with Crippen molar-refractivity contribution in [1.82, 2.24) is 9.80 Å². The minimum absolute atomic E-state index is 0.0830. The summed E-state index contributed by atoms with van der Waals surface area (Å²) < 4.78 is 5.86. The van der Waals surface area contributed by atoms with Crippen molar-refractivity contribution in [3.05, 3.63) is 0 Å². The fraction of sp³-hybridized carbons (Fsp3) is 0.824. The highest BCUT2D eigenvalue weighted by atomic mass is 32.2. The monoisotopic (exact) mass is 374 g/mol. The molecule has 0 aromatic heterocycles. The molecule has 0 saturated carbocycles. The first-order valence-electron chi connectivity index (χ1n) is 8.60. The van der Waals surface area contributed by atoms with E-state index in [0.29, 0.717) is 0 Å². The fourth-order valence-electron chi connectivity index (χ4n) is 2.83. The molecule has 0 aromatic rings. The molecular formula is C17H30N2O3S2. The van der Waals surface area contributed by atoms with Gasteiger partial charge in [0, 0.05) is 25.2 Å². The van der Waals surface area contributed by atoms with E-state index in [-0.39, 0.29) is 30.4 Å². The number of nitrogens with zero attached hydrogens (tertiary/aromatic N) is 2. The molecule has 0 spiro atoms. The minimum Gasteiger partial charge on any atom is -0.455 e. The Morgan fingerprint density at radius 2 is 1.75 bits per heavy atom. The van der Waals surface area contributed by atoms with Crippen LogP contribution in [-0.4, -0.2) is 63.5 Å². The van der Waals surface area contributed by atoms with Gasteiger partial charge in [-0.3, -0.25) is 9.59 Å². The second kappa shape index (κ2) is 10.2. The van der Waals surface area contributed by atoms with Gasteiger partial charge in [0.1, 0.15) is 4.32 Å². The second-order valence-corrected chi connectivity index (χ2v) is 8.48. The number of carbonyl (C=O) groups is 2. The van der Waals surface area contributed by atoms with Gasteiger partial charge in [-0.25, -0.2) is 0 Å². The van der Waals surface area contributed by atoms with E-state index in [4.69, 9.17) is 17.0 Å². The van der Waals surface area contributed by atoms with E-state index in [2.05, 4.69) is 11.8 Å². The molecule has 1 amide bonds. The lowest BCUT2D eigenvalue weighted by atomic mass is 10.00. The Morgan fingerprint density at radius 1 is 1.21 bits per heavy atom. The topological polar surface area (TPSA) is 49.9 Å². The van der Waals surface area contributed by atoms with E-state index >= 15 is 0 Å². The number of ether oxygens (including phenoxy) is 1. The second-order valence-electron chi connectivity index (χ2n) is 6.87. The van der Waals surface area contributed by atoms with Crippen molar-refractivity contribution in [2.75, 3.05) is 25.4 Å². The zero-order chi connectivity index (χ0) is 18.3. The summed E-state index contributed by atoms with van der Waals surface area (Å²) in [6, 6.07) is 0.166. The van der Waals surface area contributed by atoms with E-state index in [9.17, 15) is 9.59 Å². The lowest BCUT2D eigenvalue weighted by molar-refractivity contribution is -0.151. The van der Waals surface area contributed by atoms with Gasteiger partial charge in [0.05, 0.1) is 5.75 Å². The Balaban J connectivity index is 2.31. The summed E-state index contributed by atoms with van der Waals surface area (Å²) in [7, 11) is 0. The van der Waals surface area contributed by atoms with Gasteiger partial charge >= 0.3 is 5.97 Å². The van der Waals surface area contributed by atoms with Gasteiger partial charge in [-0.2, -0.15) is 0 Å². The van der Waals surface area contributed by atoms with Crippen molar-refractivity contribution in [1.29, 1.82) is 0 Å². The standard InChI is InChI=1S/C17H30N2O3S2/c1-12(2)19(13(3)4)15(20)10-22-16(21)11-24-17(23)18-8-6-14(5)7-9-18/h12-14H,6-11H2,1-5H3. The van der Waals surface area contributed by atoms with Gasteiger partial charge in [0.2, 0.25) is 0 Å². The molecule has 0 aromatic carbocycles. The summed E-state index contributed by atoms with van der Waals surface area (Å²) in [6.07, 6.45) is 2.28. The molecule has 0 aliphatic carbocycles. The van der Waals surface area contributed by atoms with Crippen LogP contribution >= 0.6 is 24.0 Å². The van der Waals surface area contributed by atoms with Crippen molar-refractivity contribution in [2.24, 2.45) is 5.92 Å². The zero-order valence-electron chi connectivity index (χ0n) is 15.4. The van der Waals surface area contributed by atoms with Crippen LogP contribution in [0.15, 0.2) is 0 Å². The van der Waals surface area contributed by atoms with Crippen LogP contribution < -0.4 is 0 Å². The largest absolute Gasteiger partial charge is 0.455 e. The molecule has 0 unspecified atom stereocenters. The average Bonchev–Trinajstić information content (AvgIpc) is 2.50. The first kappa shape index (κ1) is 21.2. The summed E-state index contributed by atoms with van der Waals surface area (Å²) in [6.45, 7) is 11.8. The molecule has 1 heterocycles. The van der Waals surface area contributed by atoms with Crippen LogP contribution in [0, 0.1) is 5.92 Å². The number of hydrogen-bond donors (Lipinski definition) is 0. The first-order valence-corrected chi connectivity index (χ1v) is 10.00. The van der Waals surface area contributed by atoms with Crippen LogP contribution in [0.1, 0.15) is 47.5 Å². The third-order valence-corrected chi connectivity index (χ3v) is 5.61. The van der Waals surface area contributed by atoms with Crippen molar-refractivity contribution >= 4 is 40.2 Å². The SMILES string of the molecule is CC1CCN(C(=S)SCC(=O)OCC(=O)N(C(C)C)C(C)C)CC1. The van der Waals surface area contributed by atoms with Crippen molar-refractivity contribution in [3.63, 3.8) is 0 Å². The summed E-state index contributed by atoms with van der Waals surface area (Å²) in [5, 5.41) is 0. The van der Waals surface area contributed by atoms with Gasteiger partial charge in [-0.05, 0) is 46.5 Å². The maximum absolute atomic E-state index is 12.2. The van der Waals surface area contributed by atoms with Crippen molar-refractivity contribution in [2.45, 2.75) is 59.5 Å². The third kappa shape index (κ3) is 6.97. The Hall–Kier alpha value is -0.820. The number of carbonyl (C=O) groups excluding carboxylic acids is 2. The van der Waals surface area contributed by atoms with Crippen molar-refractivity contribution in [3.8, 4) is 0 Å². The predicted molar refractivity (Wildman–Crippen MR) is 103 cm³/mol.